The maximum atomic E-state index is 12.2. The molecule has 1 N–H and O–H groups in total. The van der Waals surface area contributed by atoms with Crippen molar-refractivity contribution >= 4 is 17.7 Å². The first kappa shape index (κ1) is 17.0. The summed E-state index contributed by atoms with van der Waals surface area (Å²) in [6.07, 6.45) is 1.64. The van der Waals surface area contributed by atoms with Gasteiger partial charge in [-0.1, -0.05) is 36.4 Å². The van der Waals surface area contributed by atoms with E-state index in [1.807, 2.05) is 48.5 Å². The SMILES string of the molecule is COC(=O)N1CCc2ccc(NC(=O)CCc3ccccc3)cc2C1. The quantitative estimate of drug-likeness (QED) is 0.930. The number of methoxy groups -OCH3 is 1. The number of nitrogens with one attached hydrogen (secondary N) is 1. The topological polar surface area (TPSA) is 58.6 Å². The highest BCUT2D eigenvalue weighted by atomic mass is 16.5. The summed E-state index contributed by atoms with van der Waals surface area (Å²) in [5, 5.41) is 2.95. The molecule has 130 valence electrons. The van der Waals surface area contributed by atoms with Crippen molar-refractivity contribution in [3.05, 3.63) is 65.2 Å². The Bertz CT molecular complexity index is 759. The van der Waals surface area contributed by atoms with Crippen molar-refractivity contribution in [2.75, 3.05) is 19.0 Å². The Hall–Kier alpha value is -2.82. The van der Waals surface area contributed by atoms with Crippen molar-refractivity contribution in [2.45, 2.75) is 25.8 Å². The Morgan fingerprint density at radius 2 is 1.92 bits per heavy atom. The molecule has 0 bridgehead atoms. The summed E-state index contributed by atoms with van der Waals surface area (Å²) in [5.41, 5.74) is 4.18. The molecule has 1 aliphatic heterocycles. The molecular formula is C20H22N2O3. The van der Waals surface area contributed by atoms with E-state index in [9.17, 15) is 9.59 Å². The van der Waals surface area contributed by atoms with Crippen LogP contribution in [-0.4, -0.2) is 30.6 Å². The summed E-state index contributed by atoms with van der Waals surface area (Å²) >= 11 is 0. The summed E-state index contributed by atoms with van der Waals surface area (Å²) in [6.45, 7) is 1.16. The number of amides is 2. The molecule has 2 aromatic carbocycles. The highest BCUT2D eigenvalue weighted by molar-refractivity contribution is 5.91. The number of hydrogen-bond acceptors (Lipinski definition) is 3. The van der Waals surface area contributed by atoms with Gasteiger partial charge < -0.3 is 15.0 Å². The smallest absolute Gasteiger partial charge is 0.409 e. The number of carbonyl (C=O) groups is 2. The fraction of sp³-hybridized carbons (Fsp3) is 0.300. The first-order chi connectivity index (χ1) is 12.2. The van der Waals surface area contributed by atoms with Crippen LogP contribution in [0.1, 0.15) is 23.1 Å². The molecule has 0 radical (unpaired) electrons. The standard InChI is InChI=1S/C20H22N2O3/c1-25-20(24)22-12-11-16-8-9-18(13-17(16)14-22)21-19(23)10-7-15-5-3-2-4-6-15/h2-6,8-9,13H,7,10-12,14H2,1H3,(H,21,23). The molecule has 1 heterocycles. The summed E-state index contributed by atoms with van der Waals surface area (Å²) in [7, 11) is 1.39. The molecule has 0 aliphatic carbocycles. The van der Waals surface area contributed by atoms with Gasteiger partial charge in [0.1, 0.15) is 0 Å². The zero-order valence-electron chi connectivity index (χ0n) is 14.3. The van der Waals surface area contributed by atoms with Gasteiger partial charge in [-0.2, -0.15) is 0 Å². The van der Waals surface area contributed by atoms with Crippen LogP contribution in [0.15, 0.2) is 48.5 Å². The lowest BCUT2D eigenvalue weighted by Gasteiger charge is -2.28. The number of anilines is 1. The van der Waals surface area contributed by atoms with E-state index < -0.39 is 0 Å². The van der Waals surface area contributed by atoms with Crippen molar-refractivity contribution in [3.63, 3.8) is 0 Å². The molecule has 0 saturated heterocycles. The van der Waals surface area contributed by atoms with Gasteiger partial charge in [0.2, 0.25) is 5.91 Å². The molecule has 0 saturated carbocycles. The van der Waals surface area contributed by atoms with E-state index in [2.05, 4.69) is 5.32 Å². The van der Waals surface area contributed by atoms with Gasteiger partial charge in [-0.3, -0.25) is 4.79 Å². The number of fused-ring (bicyclic) bond motifs is 1. The Morgan fingerprint density at radius 3 is 2.68 bits per heavy atom. The molecule has 0 unspecified atom stereocenters. The number of carbonyl (C=O) groups excluding carboxylic acids is 2. The molecule has 0 aromatic heterocycles. The minimum atomic E-state index is -0.317. The Morgan fingerprint density at radius 1 is 1.12 bits per heavy atom. The van der Waals surface area contributed by atoms with Gasteiger partial charge in [0.05, 0.1) is 7.11 Å². The number of hydrogen-bond donors (Lipinski definition) is 1. The lowest BCUT2D eigenvalue weighted by atomic mass is 9.99. The molecule has 5 heteroatoms. The molecule has 0 atom stereocenters. The Balaban J connectivity index is 1.60. The molecular weight excluding hydrogens is 316 g/mol. The fourth-order valence-corrected chi connectivity index (χ4v) is 3.05. The molecule has 3 rings (SSSR count). The average Bonchev–Trinajstić information content (AvgIpc) is 2.66. The van der Waals surface area contributed by atoms with Crippen molar-refractivity contribution in [3.8, 4) is 0 Å². The van der Waals surface area contributed by atoms with Crippen LogP contribution < -0.4 is 5.32 Å². The van der Waals surface area contributed by atoms with Crippen LogP contribution in [0.25, 0.3) is 0 Å². The van der Waals surface area contributed by atoms with Crippen molar-refractivity contribution in [1.82, 2.24) is 4.90 Å². The largest absolute Gasteiger partial charge is 0.453 e. The summed E-state index contributed by atoms with van der Waals surface area (Å²) in [4.78, 5) is 25.5. The third kappa shape index (κ3) is 4.38. The molecule has 2 amide bonds. The van der Waals surface area contributed by atoms with E-state index in [1.165, 1.54) is 12.7 Å². The van der Waals surface area contributed by atoms with E-state index in [4.69, 9.17) is 4.74 Å². The third-order valence-electron chi connectivity index (χ3n) is 4.42. The van der Waals surface area contributed by atoms with Gasteiger partial charge in [0.15, 0.2) is 0 Å². The number of rotatable bonds is 4. The minimum Gasteiger partial charge on any atom is -0.453 e. The summed E-state index contributed by atoms with van der Waals surface area (Å²) in [5.74, 6) is -0.00978. The van der Waals surface area contributed by atoms with Gasteiger partial charge in [-0.15, -0.1) is 0 Å². The first-order valence-electron chi connectivity index (χ1n) is 8.44. The minimum absolute atomic E-state index is 0.00978. The van der Waals surface area contributed by atoms with Crippen LogP contribution in [0.2, 0.25) is 0 Å². The number of benzene rings is 2. The van der Waals surface area contributed by atoms with Crippen LogP contribution in [0.4, 0.5) is 10.5 Å². The predicted octanol–water partition coefficient (Wildman–Crippen LogP) is 3.38. The van der Waals surface area contributed by atoms with Gasteiger partial charge >= 0.3 is 6.09 Å². The summed E-state index contributed by atoms with van der Waals surface area (Å²) in [6, 6.07) is 15.9. The van der Waals surface area contributed by atoms with Crippen LogP contribution >= 0.6 is 0 Å². The van der Waals surface area contributed by atoms with Gasteiger partial charge in [0.25, 0.3) is 0 Å². The zero-order chi connectivity index (χ0) is 17.6. The number of aryl methyl sites for hydroxylation is 1. The van der Waals surface area contributed by atoms with Crippen LogP contribution in [0, 0.1) is 0 Å². The van der Waals surface area contributed by atoms with E-state index in [0.717, 1.165) is 23.2 Å². The Kier molecular flexibility index (Phi) is 5.33. The molecule has 0 fully saturated rings. The second-order valence-electron chi connectivity index (χ2n) is 6.16. The van der Waals surface area contributed by atoms with E-state index in [-0.39, 0.29) is 12.0 Å². The monoisotopic (exact) mass is 338 g/mol. The normalized spacial score (nSPS) is 13.1. The van der Waals surface area contributed by atoms with Crippen LogP contribution in [0.5, 0.6) is 0 Å². The molecule has 1 aliphatic rings. The maximum absolute atomic E-state index is 12.2. The molecule has 5 nitrogen and oxygen atoms in total. The van der Waals surface area contributed by atoms with E-state index >= 15 is 0 Å². The first-order valence-corrected chi connectivity index (χ1v) is 8.44. The van der Waals surface area contributed by atoms with Crippen LogP contribution in [-0.2, 0) is 28.9 Å². The van der Waals surface area contributed by atoms with E-state index in [1.54, 1.807) is 4.90 Å². The maximum Gasteiger partial charge on any atom is 0.409 e. The number of nitrogens with zero attached hydrogens (tertiary/aromatic N) is 1. The lowest BCUT2D eigenvalue weighted by molar-refractivity contribution is -0.116. The third-order valence-corrected chi connectivity index (χ3v) is 4.42. The molecule has 0 spiro atoms. The lowest BCUT2D eigenvalue weighted by Crippen LogP contribution is -2.35. The highest BCUT2D eigenvalue weighted by Crippen LogP contribution is 2.23. The van der Waals surface area contributed by atoms with E-state index in [0.29, 0.717) is 25.9 Å². The molecule has 2 aromatic rings. The van der Waals surface area contributed by atoms with Gasteiger partial charge in [0, 0.05) is 25.2 Å². The Labute approximate surface area is 147 Å². The zero-order valence-corrected chi connectivity index (χ0v) is 14.3. The number of ether oxygens (including phenoxy) is 1. The second kappa shape index (κ2) is 7.83. The second-order valence-corrected chi connectivity index (χ2v) is 6.16. The van der Waals surface area contributed by atoms with Crippen LogP contribution in [0.3, 0.4) is 0 Å². The fourth-order valence-electron chi connectivity index (χ4n) is 3.05. The van der Waals surface area contributed by atoms with Gasteiger partial charge in [-0.25, -0.2) is 4.79 Å². The van der Waals surface area contributed by atoms with Crippen molar-refractivity contribution in [1.29, 1.82) is 0 Å². The van der Waals surface area contributed by atoms with Crippen molar-refractivity contribution in [2.24, 2.45) is 0 Å². The molecule has 25 heavy (non-hydrogen) atoms. The highest BCUT2D eigenvalue weighted by Gasteiger charge is 2.21. The average molecular weight is 338 g/mol. The predicted molar refractivity (Wildman–Crippen MR) is 96.4 cm³/mol. The van der Waals surface area contributed by atoms with Gasteiger partial charge in [-0.05, 0) is 41.7 Å². The summed E-state index contributed by atoms with van der Waals surface area (Å²) < 4.78 is 4.79. The van der Waals surface area contributed by atoms with Crippen molar-refractivity contribution < 1.29 is 14.3 Å².